The second kappa shape index (κ2) is 4.49. The normalized spacial score (nSPS) is 11.9. The highest BCUT2D eigenvalue weighted by atomic mass is 32.2. The van der Waals surface area contributed by atoms with Gasteiger partial charge in [-0.1, -0.05) is 6.07 Å². The van der Waals surface area contributed by atoms with Crippen molar-refractivity contribution in [3.05, 3.63) is 36.4 Å². The zero-order valence-corrected chi connectivity index (χ0v) is 11.8. The number of phenols is 2. The molecule has 0 saturated carbocycles. The van der Waals surface area contributed by atoms with E-state index in [1.165, 1.54) is 24.3 Å². The molecule has 6 nitrogen and oxygen atoms in total. The van der Waals surface area contributed by atoms with E-state index in [0.717, 1.165) is 6.26 Å². The van der Waals surface area contributed by atoms with Gasteiger partial charge in [0.05, 0.1) is 16.0 Å². The maximum Gasteiger partial charge on any atom is 0.177 e. The predicted octanol–water partition coefficient (Wildman–Crippen LogP) is 2.04. The van der Waals surface area contributed by atoms with Crippen molar-refractivity contribution >= 4 is 20.9 Å². The van der Waals surface area contributed by atoms with Crippen molar-refractivity contribution in [3.63, 3.8) is 0 Å². The standard InChI is InChI=1S/C14H12N2O4S/c1-21(19,20)12-4-2-3-10-13(12)16-14(15-10)9-6-5-8(17)7-11(9)18/h2-7,17-18H,1H3,(H,15,16). The van der Waals surface area contributed by atoms with E-state index >= 15 is 0 Å². The topological polar surface area (TPSA) is 103 Å². The van der Waals surface area contributed by atoms with Crippen molar-refractivity contribution in [1.82, 2.24) is 9.97 Å². The number of fused-ring (bicyclic) bond motifs is 1. The SMILES string of the molecule is CS(=O)(=O)c1cccc2[nH]c(-c3ccc(O)cc3O)nc12. The molecule has 21 heavy (non-hydrogen) atoms. The summed E-state index contributed by atoms with van der Waals surface area (Å²) in [5.41, 5.74) is 1.26. The highest BCUT2D eigenvalue weighted by Crippen LogP contribution is 2.32. The number of imidazole rings is 1. The molecule has 3 aromatic rings. The van der Waals surface area contributed by atoms with Gasteiger partial charge in [-0.2, -0.15) is 0 Å². The number of aromatic hydroxyl groups is 2. The van der Waals surface area contributed by atoms with E-state index in [-0.39, 0.29) is 16.4 Å². The van der Waals surface area contributed by atoms with Gasteiger partial charge in [0.25, 0.3) is 0 Å². The number of benzene rings is 2. The lowest BCUT2D eigenvalue weighted by molar-refractivity contribution is 0.451. The highest BCUT2D eigenvalue weighted by molar-refractivity contribution is 7.91. The number of H-pyrrole nitrogens is 1. The van der Waals surface area contributed by atoms with Crippen LogP contribution in [-0.4, -0.2) is 34.9 Å². The molecule has 1 heterocycles. The zero-order valence-electron chi connectivity index (χ0n) is 11.0. The summed E-state index contributed by atoms with van der Waals surface area (Å²) in [4.78, 5) is 7.36. The van der Waals surface area contributed by atoms with E-state index in [1.54, 1.807) is 12.1 Å². The third-order valence-electron chi connectivity index (χ3n) is 3.11. The lowest BCUT2D eigenvalue weighted by Crippen LogP contribution is -1.97. The number of aromatic nitrogens is 2. The molecular weight excluding hydrogens is 292 g/mol. The summed E-state index contributed by atoms with van der Waals surface area (Å²) in [6, 6.07) is 8.93. The van der Waals surface area contributed by atoms with Gasteiger partial charge in [-0.3, -0.25) is 0 Å². The summed E-state index contributed by atoms with van der Waals surface area (Å²) in [6.07, 6.45) is 1.12. The van der Waals surface area contributed by atoms with Gasteiger partial charge in [0.15, 0.2) is 9.84 Å². The summed E-state index contributed by atoms with van der Waals surface area (Å²) >= 11 is 0. The largest absolute Gasteiger partial charge is 0.508 e. The first-order valence-corrected chi connectivity index (χ1v) is 7.96. The van der Waals surface area contributed by atoms with Gasteiger partial charge in [0.2, 0.25) is 0 Å². The molecule has 0 aliphatic carbocycles. The summed E-state index contributed by atoms with van der Waals surface area (Å²) < 4.78 is 23.5. The maximum atomic E-state index is 11.8. The lowest BCUT2D eigenvalue weighted by Gasteiger charge is -2.01. The van der Waals surface area contributed by atoms with Crippen molar-refractivity contribution in [2.75, 3.05) is 6.26 Å². The van der Waals surface area contributed by atoms with Crippen molar-refractivity contribution < 1.29 is 18.6 Å². The van der Waals surface area contributed by atoms with E-state index in [0.29, 0.717) is 22.4 Å². The van der Waals surface area contributed by atoms with Gasteiger partial charge >= 0.3 is 0 Å². The van der Waals surface area contributed by atoms with E-state index in [1.807, 2.05) is 0 Å². The number of nitrogens with zero attached hydrogens (tertiary/aromatic N) is 1. The summed E-state index contributed by atoms with van der Waals surface area (Å²) in [5, 5.41) is 19.2. The molecule has 0 spiro atoms. The van der Waals surface area contributed by atoms with Gasteiger partial charge in [0.1, 0.15) is 22.8 Å². The second-order valence-corrected chi connectivity index (χ2v) is 6.70. The average Bonchev–Trinajstić information content (AvgIpc) is 2.80. The maximum absolute atomic E-state index is 11.8. The molecule has 0 radical (unpaired) electrons. The number of para-hydroxylation sites is 1. The molecule has 7 heteroatoms. The zero-order chi connectivity index (χ0) is 15.2. The summed E-state index contributed by atoms with van der Waals surface area (Å²) in [6.45, 7) is 0. The molecule has 0 unspecified atom stereocenters. The fourth-order valence-corrected chi connectivity index (χ4v) is 2.99. The Bertz CT molecular complexity index is 945. The molecule has 3 N–H and O–H groups in total. The van der Waals surface area contributed by atoms with Crippen LogP contribution in [0.1, 0.15) is 0 Å². The van der Waals surface area contributed by atoms with Crippen LogP contribution in [0.15, 0.2) is 41.3 Å². The fourth-order valence-electron chi connectivity index (χ4n) is 2.15. The average molecular weight is 304 g/mol. The van der Waals surface area contributed by atoms with Gasteiger partial charge in [-0.25, -0.2) is 13.4 Å². The van der Waals surface area contributed by atoms with E-state index in [9.17, 15) is 18.6 Å². The molecule has 0 aliphatic rings. The smallest absolute Gasteiger partial charge is 0.177 e. The Balaban J connectivity index is 2.27. The second-order valence-electron chi connectivity index (χ2n) is 4.71. The Morgan fingerprint density at radius 3 is 2.57 bits per heavy atom. The monoisotopic (exact) mass is 304 g/mol. The van der Waals surface area contributed by atoms with Crippen molar-refractivity contribution in [2.24, 2.45) is 0 Å². The first-order chi connectivity index (χ1) is 9.86. The number of hydrogen-bond acceptors (Lipinski definition) is 5. The van der Waals surface area contributed by atoms with E-state index in [2.05, 4.69) is 9.97 Å². The first-order valence-electron chi connectivity index (χ1n) is 6.07. The van der Waals surface area contributed by atoms with Gasteiger partial charge in [-0.15, -0.1) is 0 Å². The molecule has 0 bridgehead atoms. The lowest BCUT2D eigenvalue weighted by atomic mass is 10.2. The summed E-state index contributed by atoms with van der Waals surface area (Å²) in [5.74, 6) is 0.123. The van der Waals surface area contributed by atoms with Crippen LogP contribution in [0, 0.1) is 0 Å². The van der Waals surface area contributed by atoms with Gasteiger partial charge in [0, 0.05) is 12.3 Å². The number of sulfone groups is 1. The number of rotatable bonds is 2. The van der Waals surface area contributed by atoms with Crippen LogP contribution in [0.3, 0.4) is 0 Å². The molecule has 3 rings (SSSR count). The molecule has 2 aromatic carbocycles. The van der Waals surface area contributed by atoms with Crippen LogP contribution in [0.25, 0.3) is 22.4 Å². The minimum absolute atomic E-state index is 0.0656. The van der Waals surface area contributed by atoms with E-state index in [4.69, 9.17) is 0 Å². The quantitative estimate of drug-likeness (QED) is 0.672. The molecule has 0 amide bonds. The Morgan fingerprint density at radius 1 is 1.14 bits per heavy atom. The number of aromatic amines is 1. The van der Waals surface area contributed by atoms with Crippen LogP contribution in [0.2, 0.25) is 0 Å². The molecule has 0 aliphatic heterocycles. The molecular formula is C14H12N2O4S. The molecule has 1 aromatic heterocycles. The Labute approximate surface area is 120 Å². The van der Waals surface area contributed by atoms with Gasteiger partial charge < -0.3 is 15.2 Å². The Morgan fingerprint density at radius 2 is 1.90 bits per heavy atom. The minimum Gasteiger partial charge on any atom is -0.508 e. The first kappa shape index (κ1) is 13.4. The third-order valence-corrected chi connectivity index (χ3v) is 4.24. The fraction of sp³-hybridized carbons (Fsp3) is 0.0714. The van der Waals surface area contributed by atoms with E-state index < -0.39 is 9.84 Å². The van der Waals surface area contributed by atoms with Crippen LogP contribution in [-0.2, 0) is 9.84 Å². The predicted molar refractivity (Wildman–Crippen MR) is 78.0 cm³/mol. The molecule has 0 saturated heterocycles. The van der Waals surface area contributed by atoms with Crippen LogP contribution in [0.4, 0.5) is 0 Å². The number of phenolic OH excluding ortho intramolecular Hbond substituents is 2. The highest BCUT2D eigenvalue weighted by Gasteiger charge is 2.17. The summed E-state index contributed by atoms with van der Waals surface area (Å²) in [7, 11) is -3.40. The molecule has 108 valence electrons. The Hall–Kier alpha value is -2.54. The van der Waals surface area contributed by atoms with Crippen molar-refractivity contribution in [3.8, 4) is 22.9 Å². The number of nitrogens with one attached hydrogen (secondary N) is 1. The number of hydrogen-bond donors (Lipinski definition) is 3. The minimum atomic E-state index is -3.40. The van der Waals surface area contributed by atoms with Crippen LogP contribution >= 0.6 is 0 Å². The van der Waals surface area contributed by atoms with Crippen LogP contribution in [0.5, 0.6) is 11.5 Å². The third kappa shape index (κ3) is 2.31. The van der Waals surface area contributed by atoms with Crippen molar-refractivity contribution in [2.45, 2.75) is 4.90 Å². The van der Waals surface area contributed by atoms with Crippen LogP contribution < -0.4 is 0 Å². The Kier molecular flexibility index (Phi) is 2.87. The molecule has 0 fully saturated rings. The molecule has 0 atom stereocenters. The van der Waals surface area contributed by atoms with Crippen molar-refractivity contribution in [1.29, 1.82) is 0 Å². The van der Waals surface area contributed by atoms with Gasteiger partial charge in [-0.05, 0) is 24.3 Å².